The van der Waals surface area contributed by atoms with E-state index < -0.39 is 0 Å². The summed E-state index contributed by atoms with van der Waals surface area (Å²) in [4.78, 5) is 2.40. The van der Waals surface area contributed by atoms with Crippen molar-refractivity contribution >= 4 is 15.9 Å². The smallest absolute Gasteiger partial charge is 0.0702 e. The second-order valence-electron chi connectivity index (χ2n) is 5.85. The van der Waals surface area contributed by atoms with E-state index in [0.717, 1.165) is 37.1 Å². The van der Waals surface area contributed by atoms with Crippen molar-refractivity contribution in [3.8, 4) is 0 Å². The van der Waals surface area contributed by atoms with Crippen LogP contribution >= 0.6 is 15.9 Å². The van der Waals surface area contributed by atoms with E-state index in [-0.39, 0.29) is 0 Å². The number of ether oxygens (including phenoxy) is 1. The van der Waals surface area contributed by atoms with E-state index in [2.05, 4.69) is 64.4 Å². The van der Waals surface area contributed by atoms with Crippen molar-refractivity contribution in [2.75, 3.05) is 33.3 Å². The van der Waals surface area contributed by atoms with Crippen LogP contribution < -0.4 is 5.32 Å². The molecule has 4 heteroatoms. The standard InChI is InChI=1S/C17H27BrN2O/c1-3-19-17(14-6-8-15(18)9-7-14)10-11-20(2)13-16-5-4-12-21-16/h6-9,16-17,19H,3-5,10-13H2,1-2H3. The summed E-state index contributed by atoms with van der Waals surface area (Å²) in [5.41, 5.74) is 1.37. The first-order chi connectivity index (χ1) is 10.2. The first-order valence-electron chi connectivity index (χ1n) is 7.98. The van der Waals surface area contributed by atoms with Crippen molar-refractivity contribution in [2.45, 2.75) is 38.3 Å². The topological polar surface area (TPSA) is 24.5 Å². The van der Waals surface area contributed by atoms with E-state index >= 15 is 0 Å². The molecule has 2 rings (SSSR count). The maximum atomic E-state index is 5.71. The predicted molar refractivity (Wildman–Crippen MR) is 91.6 cm³/mol. The lowest BCUT2D eigenvalue weighted by Crippen LogP contribution is -2.32. The van der Waals surface area contributed by atoms with Crippen molar-refractivity contribution in [3.05, 3.63) is 34.3 Å². The molecule has 0 amide bonds. The second kappa shape index (κ2) is 8.89. The molecule has 0 bridgehead atoms. The third kappa shape index (κ3) is 5.70. The van der Waals surface area contributed by atoms with Crippen LogP contribution in [0.15, 0.2) is 28.7 Å². The molecule has 1 aromatic carbocycles. The highest BCUT2D eigenvalue weighted by Crippen LogP contribution is 2.20. The number of likely N-dealkylation sites (N-methyl/N-ethyl adjacent to an activating group) is 1. The van der Waals surface area contributed by atoms with Gasteiger partial charge in [-0.25, -0.2) is 0 Å². The minimum Gasteiger partial charge on any atom is -0.377 e. The largest absolute Gasteiger partial charge is 0.377 e. The average Bonchev–Trinajstić information content (AvgIpc) is 2.97. The van der Waals surface area contributed by atoms with Gasteiger partial charge in [-0.15, -0.1) is 0 Å². The van der Waals surface area contributed by atoms with Crippen molar-refractivity contribution in [3.63, 3.8) is 0 Å². The molecule has 1 aliphatic rings. The van der Waals surface area contributed by atoms with Crippen LogP contribution in [0.2, 0.25) is 0 Å². The summed E-state index contributed by atoms with van der Waals surface area (Å²) < 4.78 is 6.85. The average molecular weight is 355 g/mol. The van der Waals surface area contributed by atoms with E-state index in [4.69, 9.17) is 4.74 Å². The fourth-order valence-electron chi connectivity index (χ4n) is 2.90. The fraction of sp³-hybridized carbons (Fsp3) is 0.647. The normalized spacial score (nSPS) is 20.1. The Labute approximate surface area is 137 Å². The molecule has 2 unspecified atom stereocenters. The molecule has 1 aromatic rings. The molecule has 3 nitrogen and oxygen atoms in total. The number of benzene rings is 1. The minimum absolute atomic E-state index is 0.426. The number of rotatable bonds is 8. The van der Waals surface area contributed by atoms with Crippen LogP contribution in [0.5, 0.6) is 0 Å². The summed E-state index contributed by atoms with van der Waals surface area (Å²) in [5, 5.41) is 3.59. The highest BCUT2D eigenvalue weighted by molar-refractivity contribution is 9.10. The van der Waals surface area contributed by atoms with E-state index in [0.29, 0.717) is 12.1 Å². The Bertz CT molecular complexity index is 404. The highest BCUT2D eigenvalue weighted by atomic mass is 79.9. The Morgan fingerprint density at radius 3 is 2.76 bits per heavy atom. The number of hydrogen-bond donors (Lipinski definition) is 1. The van der Waals surface area contributed by atoms with Gasteiger partial charge in [0.25, 0.3) is 0 Å². The zero-order chi connectivity index (χ0) is 15.1. The third-order valence-corrected chi connectivity index (χ3v) is 4.59. The van der Waals surface area contributed by atoms with Crippen LogP contribution in [-0.2, 0) is 4.74 Å². The molecule has 118 valence electrons. The first-order valence-corrected chi connectivity index (χ1v) is 8.77. The van der Waals surface area contributed by atoms with E-state index in [9.17, 15) is 0 Å². The molecule has 0 saturated carbocycles. The minimum atomic E-state index is 0.426. The second-order valence-corrected chi connectivity index (χ2v) is 6.76. The van der Waals surface area contributed by atoms with Crippen LogP contribution in [0.1, 0.15) is 37.8 Å². The summed E-state index contributed by atoms with van der Waals surface area (Å²) >= 11 is 3.50. The van der Waals surface area contributed by atoms with Crippen LogP contribution in [0.4, 0.5) is 0 Å². The first kappa shape index (κ1) is 16.9. The molecule has 21 heavy (non-hydrogen) atoms. The van der Waals surface area contributed by atoms with Crippen molar-refractivity contribution in [1.82, 2.24) is 10.2 Å². The summed E-state index contributed by atoms with van der Waals surface area (Å²) in [7, 11) is 2.20. The van der Waals surface area contributed by atoms with Gasteiger partial charge in [0.1, 0.15) is 0 Å². The Balaban J connectivity index is 1.82. The van der Waals surface area contributed by atoms with Gasteiger partial charge in [0.05, 0.1) is 6.10 Å². The fourth-order valence-corrected chi connectivity index (χ4v) is 3.17. The van der Waals surface area contributed by atoms with Crippen molar-refractivity contribution in [1.29, 1.82) is 0 Å². The maximum absolute atomic E-state index is 5.71. The molecule has 1 fully saturated rings. The molecule has 0 aliphatic carbocycles. The lowest BCUT2D eigenvalue weighted by Gasteiger charge is -2.24. The molecule has 2 atom stereocenters. The van der Waals surface area contributed by atoms with E-state index in [1.54, 1.807) is 0 Å². The molecule has 0 spiro atoms. The monoisotopic (exact) mass is 354 g/mol. The van der Waals surface area contributed by atoms with Gasteiger partial charge in [-0.3, -0.25) is 0 Å². The molecule has 1 heterocycles. The van der Waals surface area contributed by atoms with Gasteiger partial charge >= 0.3 is 0 Å². The molecular formula is C17H27BrN2O. The molecule has 1 N–H and O–H groups in total. The number of nitrogens with one attached hydrogen (secondary N) is 1. The maximum Gasteiger partial charge on any atom is 0.0702 e. The van der Waals surface area contributed by atoms with Crippen LogP contribution in [0, 0.1) is 0 Å². The molecule has 0 radical (unpaired) electrons. The van der Waals surface area contributed by atoms with Gasteiger partial charge in [0.2, 0.25) is 0 Å². The van der Waals surface area contributed by atoms with Crippen LogP contribution in [-0.4, -0.2) is 44.3 Å². The number of halogens is 1. The van der Waals surface area contributed by atoms with Crippen LogP contribution in [0.3, 0.4) is 0 Å². The summed E-state index contributed by atoms with van der Waals surface area (Å²) in [5.74, 6) is 0. The predicted octanol–water partition coefficient (Wildman–Crippen LogP) is 3.60. The molecule has 1 aliphatic heterocycles. The Kier molecular flexibility index (Phi) is 7.17. The van der Waals surface area contributed by atoms with E-state index in [1.807, 2.05) is 0 Å². The lowest BCUT2D eigenvalue weighted by molar-refractivity contribution is 0.0801. The van der Waals surface area contributed by atoms with Gasteiger partial charge in [0, 0.05) is 23.7 Å². The third-order valence-electron chi connectivity index (χ3n) is 4.06. The molecular weight excluding hydrogens is 328 g/mol. The Morgan fingerprint density at radius 1 is 1.38 bits per heavy atom. The van der Waals surface area contributed by atoms with Gasteiger partial charge in [-0.1, -0.05) is 35.0 Å². The van der Waals surface area contributed by atoms with Gasteiger partial charge in [-0.2, -0.15) is 0 Å². The Morgan fingerprint density at radius 2 is 2.14 bits per heavy atom. The van der Waals surface area contributed by atoms with Gasteiger partial charge in [-0.05, 0) is 57.1 Å². The SMILES string of the molecule is CCNC(CCN(C)CC1CCCO1)c1ccc(Br)cc1. The van der Waals surface area contributed by atoms with Crippen molar-refractivity contribution < 1.29 is 4.74 Å². The Hall–Kier alpha value is -0.420. The zero-order valence-electron chi connectivity index (χ0n) is 13.1. The zero-order valence-corrected chi connectivity index (χ0v) is 14.7. The quantitative estimate of drug-likeness (QED) is 0.771. The summed E-state index contributed by atoms with van der Waals surface area (Å²) in [6.07, 6.45) is 4.00. The summed E-state index contributed by atoms with van der Waals surface area (Å²) in [6, 6.07) is 9.08. The van der Waals surface area contributed by atoms with E-state index in [1.165, 1.54) is 18.4 Å². The number of hydrogen-bond acceptors (Lipinski definition) is 3. The molecule has 1 saturated heterocycles. The lowest BCUT2D eigenvalue weighted by atomic mass is 10.0. The summed E-state index contributed by atoms with van der Waals surface area (Å²) in [6.45, 7) is 6.25. The molecule has 0 aromatic heterocycles. The van der Waals surface area contributed by atoms with Gasteiger partial charge < -0.3 is 15.0 Å². The highest BCUT2D eigenvalue weighted by Gasteiger charge is 2.18. The van der Waals surface area contributed by atoms with Crippen molar-refractivity contribution in [2.24, 2.45) is 0 Å². The number of nitrogens with zero attached hydrogens (tertiary/aromatic N) is 1. The van der Waals surface area contributed by atoms with Gasteiger partial charge in [0.15, 0.2) is 0 Å². The van der Waals surface area contributed by atoms with Crippen LogP contribution in [0.25, 0.3) is 0 Å².